The van der Waals surface area contributed by atoms with Gasteiger partial charge in [-0.2, -0.15) is 0 Å². The van der Waals surface area contributed by atoms with Crippen molar-refractivity contribution in [3.05, 3.63) is 12.7 Å². The summed E-state index contributed by atoms with van der Waals surface area (Å²) < 4.78 is 15.0. The van der Waals surface area contributed by atoms with Gasteiger partial charge in [-0.25, -0.2) is 19.3 Å². The first kappa shape index (κ1) is 16.6. The first-order valence-electron chi connectivity index (χ1n) is 8.15. The number of piperidine rings is 1. The Kier molecular flexibility index (Phi) is 4.15. The fourth-order valence-corrected chi connectivity index (χ4v) is 2.79. The molecule has 1 aliphatic heterocycles. The molecule has 0 saturated carbocycles. The lowest BCUT2D eigenvalue weighted by Crippen LogP contribution is -2.50. The highest BCUT2D eigenvalue weighted by Crippen LogP contribution is 2.30. The number of hydrogen-bond donors (Lipinski definition) is 2. The molecule has 0 spiro atoms. The van der Waals surface area contributed by atoms with Gasteiger partial charge in [0.1, 0.15) is 17.5 Å². The predicted molar refractivity (Wildman–Crippen MR) is 89.4 cm³/mol. The van der Waals surface area contributed by atoms with Crippen LogP contribution in [0.3, 0.4) is 0 Å². The highest BCUT2D eigenvalue weighted by molar-refractivity contribution is 5.83. The Morgan fingerprint density at radius 1 is 1.33 bits per heavy atom. The standard InChI is InChI=1S/C16H23FN6O/c1-15(2,3)14(24)18-8-16(17)4-6-23(7-5-16)13-11-12(20-9-19-11)21-10-22-13/h9-10H,4-8H2,1-3H3,(H,18,24)(H,19,20,21,22). The number of hydrogen-bond acceptors (Lipinski definition) is 5. The Morgan fingerprint density at radius 2 is 2.04 bits per heavy atom. The van der Waals surface area contributed by atoms with Gasteiger partial charge < -0.3 is 15.2 Å². The van der Waals surface area contributed by atoms with E-state index in [-0.39, 0.29) is 12.5 Å². The second kappa shape index (κ2) is 5.99. The SMILES string of the molecule is CC(C)(C)C(=O)NCC1(F)CCN(c2ncnc3nc[nH]c23)CC1. The van der Waals surface area contributed by atoms with Crippen LogP contribution in [-0.4, -0.2) is 51.1 Å². The van der Waals surface area contributed by atoms with Crippen LogP contribution >= 0.6 is 0 Å². The van der Waals surface area contributed by atoms with Crippen molar-refractivity contribution in [3.63, 3.8) is 0 Å². The fourth-order valence-electron chi connectivity index (χ4n) is 2.79. The summed E-state index contributed by atoms with van der Waals surface area (Å²) in [6.45, 7) is 6.59. The predicted octanol–water partition coefficient (Wildman–Crippen LogP) is 1.82. The number of H-pyrrole nitrogens is 1. The van der Waals surface area contributed by atoms with Crippen molar-refractivity contribution >= 4 is 22.9 Å². The molecule has 1 amide bonds. The van der Waals surface area contributed by atoms with Gasteiger partial charge in [0.15, 0.2) is 11.5 Å². The van der Waals surface area contributed by atoms with E-state index in [0.29, 0.717) is 31.6 Å². The van der Waals surface area contributed by atoms with Crippen LogP contribution in [0.2, 0.25) is 0 Å². The van der Waals surface area contributed by atoms with E-state index in [4.69, 9.17) is 0 Å². The minimum Gasteiger partial charge on any atom is -0.354 e. The van der Waals surface area contributed by atoms with Gasteiger partial charge in [0.25, 0.3) is 0 Å². The number of carbonyl (C=O) groups excluding carboxylic acids is 1. The Morgan fingerprint density at radius 3 is 2.71 bits per heavy atom. The molecule has 3 rings (SSSR count). The molecule has 2 N–H and O–H groups in total. The number of anilines is 1. The number of aromatic amines is 1. The largest absolute Gasteiger partial charge is 0.354 e. The third-order valence-electron chi connectivity index (χ3n) is 4.41. The summed E-state index contributed by atoms with van der Waals surface area (Å²) in [6, 6.07) is 0. The average molecular weight is 334 g/mol. The van der Waals surface area contributed by atoms with Crippen molar-refractivity contribution in [2.75, 3.05) is 24.5 Å². The first-order valence-corrected chi connectivity index (χ1v) is 8.15. The lowest BCUT2D eigenvalue weighted by atomic mass is 9.91. The summed E-state index contributed by atoms with van der Waals surface area (Å²) in [5, 5.41) is 2.74. The molecule has 7 nitrogen and oxygen atoms in total. The average Bonchev–Trinajstić information content (AvgIpc) is 3.01. The van der Waals surface area contributed by atoms with Crippen molar-refractivity contribution in [3.8, 4) is 0 Å². The minimum atomic E-state index is -1.38. The van der Waals surface area contributed by atoms with Crippen molar-refractivity contribution in [1.82, 2.24) is 25.3 Å². The van der Waals surface area contributed by atoms with Gasteiger partial charge in [0.05, 0.1) is 12.9 Å². The summed E-state index contributed by atoms with van der Waals surface area (Å²) in [4.78, 5) is 29.5. The van der Waals surface area contributed by atoms with Crippen LogP contribution in [0.15, 0.2) is 12.7 Å². The quantitative estimate of drug-likeness (QED) is 0.894. The van der Waals surface area contributed by atoms with E-state index in [0.717, 1.165) is 11.3 Å². The number of aromatic nitrogens is 4. The van der Waals surface area contributed by atoms with Crippen LogP contribution < -0.4 is 10.2 Å². The number of imidazole rings is 1. The zero-order valence-corrected chi connectivity index (χ0v) is 14.3. The van der Waals surface area contributed by atoms with Crippen LogP contribution in [0.25, 0.3) is 11.2 Å². The lowest BCUT2D eigenvalue weighted by molar-refractivity contribution is -0.129. The number of amides is 1. The Bertz CT molecular complexity index is 729. The van der Waals surface area contributed by atoms with Crippen LogP contribution in [-0.2, 0) is 4.79 Å². The topological polar surface area (TPSA) is 86.8 Å². The number of fused-ring (bicyclic) bond motifs is 1. The van der Waals surface area contributed by atoms with E-state index < -0.39 is 11.1 Å². The Hall–Kier alpha value is -2.25. The van der Waals surface area contributed by atoms with Crippen LogP contribution in [0, 0.1) is 5.41 Å². The second-order valence-corrected chi connectivity index (χ2v) is 7.37. The molecule has 0 aromatic carbocycles. The summed E-state index contributed by atoms with van der Waals surface area (Å²) in [5.74, 6) is 0.621. The second-order valence-electron chi connectivity index (χ2n) is 7.37. The zero-order chi connectivity index (χ0) is 17.4. The van der Waals surface area contributed by atoms with E-state index in [9.17, 15) is 9.18 Å². The first-order chi connectivity index (χ1) is 11.3. The molecular weight excluding hydrogens is 311 g/mol. The van der Waals surface area contributed by atoms with Crippen molar-refractivity contribution in [2.24, 2.45) is 5.41 Å². The molecular formula is C16H23FN6O. The smallest absolute Gasteiger partial charge is 0.225 e. The van der Waals surface area contributed by atoms with Gasteiger partial charge in [-0.15, -0.1) is 0 Å². The number of carbonyl (C=O) groups is 1. The maximum Gasteiger partial charge on any atom is 0.225 e. The number of alkyl halides is 1. The Balaban J connectivity index is 1.63. The van der Waals surface area contributed by atoms with E-state index in [2.05, 4.69) is 25.3 Å². The normalized spacial score (nSPS) is 17.9. The number of halogens is 1. The van der Waals surface area contributed by atoms with Crippen LogP contribution in [0.1, 0.15) is 33.6 Å². The van der Waals surface area contributed by atoms with Gasteiger partial charge in [0.2, 0.25) is 5.91 Å². The van der Waals surface area contributed by atoms with E-state index in [1.54, 1.807) is 6.33 Å². The van der Waals surface area contributed by atoms with E-state index >= 15 is 0 Å². The molecule has 0 bridgehead atoms. The fraction of sp³-hybridized carbons (Fsp3) is 0.625. The van der Waals surface area contributed by atoms with Gasteiger partial charge in [-0.1, -0.05) is 20.8 Å². The molecule has 1 fully saturated rings. The molecule has 0 radical (unpaired) electrons. The molecule has 0 atom stereocenters. The van der Waals surface area contributed by atoms with Gasteiger partial charge in [-0.05, 0) is 0 Å². The third-order valence-corrected chi connectivity index (χ3v) is 4.41. The minimum absolute atomic E-state index is 0.0557. The summed E-state index contributed by atoms with van der Waals surface area (Å²) in [6.07, 6.45) is 3.74. The maximum atomic E-state index is 15.0. The molecule has 2 aromatic heterocycles. The molecule has 24 heavy (non-hydrogen) atoms. The van der Waals surface area contributed by atoms with Gasteiger partial charge >= 0.3 is 0 Å². The highest BCUT2D eigenvalue weighted by atomic mass is 19.1. The molecule has 0 aliphatic carbocycles. The maximum absolute atomic E-state index is 15.0. The van der Waals surface area contributed by atoms with Crippen LogP contribution in [0.4, 0.5) is 10.2 Å². The monoisotopic (exact) mass is 334 g/mol. The molecule has 3 heterocycles. The van der Waals surface area contributed by atoms with E-state index in [1.165, 1.54) is 6.33 Å². The molecule has 130 valence electrons. The van der Waals surface area contributed by atoms with Crippen LogP contribution in [0.5, 0.6) is 0 Å². The molecule has 8 heteroatoms. The van der Waals surface area contributed by atoms with Crippen molar-refractivity contribution in [2.45, 2.75) is 39.3 Å². The molecule has 0 unspecified atom stereocenters. The van der Waals surface area contributed by atoms with Crippen molar-refractivity contribution in [1.29, 1.82) is 0 Å². The summed E-state index contributed by atoms with van der Waals surface area (Å²) in [7, 11) is 0. The molecule has 2 aromatic rings. The number of rotatable bonds is 3. The summed E-state index contributed by atoms with van der Waals surface area (Å²) >= 11 is 0. The lowest BCUT2D eigenvalue weighted by Gasteiger charge is -2.37. The number of nitrogens with zero attached hydrogens (tertiary/aromatic N) is 4. The molecule has 1 saturated heterocycles. The van der Waals surface area contributed by atoms with Crippen molar-refractivity contribution < 1.29 is 9.18 Å². The molecule has 1 aliphatic rings. The number of nitrogens with one attached hydrogen (secondary N) is 2. The highest BCUT2D eigenvalue weighted by Gasteiger charge is 2.36. The third kappa shape index (κ3) is 3.32. The van der Waals surface area contributed by atoms with Gasteiger partial charge in [0, 0.05) is 31.3 Å². The van der Waals surface area contributed by atoms with Gasteiger partial charge in [-0.3, -0.25) is 4.79 Å². The Labute approximate surface area is 140 Å². The summed E-state index contributed by atoms with van der Waals surface area (Å²) in [5.41, 5.74) is -0.513. The zero-order valence-electron chi connectivity index (χ0n) is 14.3. The van der Waals surface area contributed by atoms with E-state index in [1.807, 2.05) is 25.7 Å².